The summed E-state index contributed by atoms with van der Waals surface area (Å²) in [5, 5.41) is 0.391. The lowest BCUT2D eigenvalue weighted by Gasteiger charge is -2.12. The second-order valence-corrected chi connectivity index (χ2v) is 6.69. The lowest BCUT2D eigenvalue weighted by atomic mass is 10.3. The monoisotopic (exact) mass is 361 g/mol. The predicted octanol–water partition coefficient (Wildman–Crippen LogP) is 3.81. The molecule has 0 aromatic heterocycles. The number of sulfonamides is 1. The Bertz CT molecular complexity index is 793. The molecule has 2 aromatic carbocycles. The number of methoxy groups -OCH3 is 2. The Balaban J connectivity index is 2.40. The summed E-state index contributed by atoms with van der Waals surface area (Å²) in [4.78, 5) is 0.0150. The maximum atomic E-state index is 12.4. The minimum absolute atomic E-state index is 0.0150. The molecule has 0 aliphatic carbocycles. The van der Waals surface area contributed by atoms with Crippen LogP contribution in [0.4, 0.5) is 5.69 Å². The van der Waals surface area contributed by atoms with Crippen LogP contribution in [0.5, 0.6) is 11.5 Å². The van der Waals surface area contributed by atoms with Gasteiger partial charge in [-0.05, 0) is 24.3 Å². The van der Waals surface area contributed by atoms with Gasteiger partial charge < -0.3 is 9.47 Å². The van der Waals surface area contributed by atoms with E-state index in [1.165, 1.54) is 38.5 Å². The summed E-state index contributed by atoms with van der Waals surface area (Å²) < 4.78 is 37.4. The van der Waals surface area contributed by atoms with E-state index in [9.17, 15) is 8.42 Å². The van der Waals surface area contributed by atoms with E-state index < -0.39 is 10.0 Å². The molecule has 0 heterocycles. The molecule has 0 atom stereocenters. The van der Waals surface area contributed by atoms with Crippen LogP contribution in [0.25, 0.3) is 0 Å². The Hall–Kier alpha value is -1.63. The van der Waals surface area contributed by atoms with E-state index in [0.29, 0.717) is 11.5 Å². The first-order chi connectivity index (χ1) is 10.4. The number of halogens is 2. The minimum Gasteiger partial charge on any atom is -0.493 e. The normalized spacial score (nSPS) is 11.1. The molecular formula is C14H13Cl2NO4S. The van der Waals surface area contributed by atoms with Gasteiger partial charge in [0.25, 0.3) is 10.0 Å². The SMILES string of the molecule is COc1ccc(S(=O)(=O)Nc2cccc(Cl)c2Cl)cc1OC. The number of hydrogen-bond donors (Lipinski definition) is 1. The van der Waals surface area contributed by atoms with E-state index in [-0.39, 0.29) is 20.6 Å². The van der Waals surface area contributed by atoms with E-state index in [1.807, 2.05) is 0 Å². The zero-order valence-electron chi connectivity index (χ0n) is 11.8. The van der Waals surface area contributed by atoms with Gasteiger partial charge in [-0.3, -0.25) is 4.72 Å². The number of benzene rings is 2. The molecule has 0 fully saturated rings. The van der Waals surface area contributed by atoms with Crippen LogP contribution in [0.15, 0.2) is 41.3 Å². The zero-order valence-corrected chi connectivity index (χ0v) is 14.1. The molecule has 8 heteroatoms. The van der Waals surface area contributed by atoms with Gasteiger partial charge in [0.05, 0.1) is 34.8 Å². The van der Waals surface area contributed by atoms with Gasteiger partial charge in [-0.25, -0.2) is 8.42 Å². The fourth-order valence-corrected chi connectivity index (χ4v) is 3.26. The van der Waals surface area contributed by atoms with Crippen molar-refractivity contribution in [3.05, 3.63) is 46.4 Å². The molecule has 0 amide bonds. The quantitative estimate of drug-likeness (QED) is 0.879. The van der Waals surface area contributed by atoms with Crippen LogP contribution in [0.3, 0.4) is 0 Å². The van der Waals surface area contributed by atoms with E-state index in [2.05, 4.69) is 4.72 Å². The van der Waals surface area contributed by atoms with E-state index >= 15 is 0 Å². The Morgan fingerprint density at radius 3 is 2.32 bits per heavy atom. The molecule has 0 radical (unpaired) electrons. The Morgan fingerprint density at radius 2 is 1.68 bits per heavy atom. The third-order valence-corrected chi connectivity index (χ3v) is 5.04. The molecule has 0 aliphatic heterocycles. The van der Waals surface area contributed by atoms with E-state index in [0.717, 1.165) is 0 Å². The molecule has 0 saturated carbocycles. The molecule has 118 valence electrons. The van der Waals surface area contributed by atoms with Crippen LogP contribution in [0, 0.1) is 0 Å². The van der Waals surface area contributed by atoms with Crippen molar-refractivity contribution in [2.75, 3.05) is 18.9 Å². The Labute approximate surface area is 138 Å². The van der Waals surface area contributed by atoms with Crippen molar-refractivity contribution < 1.29 is 17.9 Å². The summed E-state index contributed by atoms with van der Waals surface area (Å²) in [7, 11) is -0.944. The molecule has 5 nitrogen and oxygen atoms in total. The van der Waals surface area contributed by atoms with Crippen LogP contribution in [-0.2, 0) is 10.0 Å². The number of rotatable bonds is 5. The topological polar surface area (TPSA) is 64.6 Å². The minimum atomic E-state index is -3.84. The summed E-state index contributed by atoms with van der Waals surface area (Å²) >= 11 is 11.9. The number of anilines is 1. The van der Waals surface area contributed by atoms with Gasteiger partial charge >= 0.3 is 0 Å². The highest BCUT2D eigenvalue weighted by molar-refractivity contribution is 7.92. The highest BCUT2D eigenvalue weighted by atomic mass is 35.5. The average Bonchev–Trinajstić information content (AvgIpc) is 2.51. The van der Waals surface area contributed by atoms with Crippen molar-refractivity contribution >= 4 is 38.9 Å². The van der Waals surface area contributed by atoms with Crippen molar-refractivity contribution in [1.82, 2.24) is 0 Å². The Morgan fingerprint density at radius 1 is 1.00 bits per heavy atom. The van der Waals surface area contributed by atoms with Gasteiger partial charge in [-0.15, -0.1) is 0 Å². The molecule has 2 aromatic rings. The third-order valence-electron chi connectivity index (χ3n) is 2.86. The first kappa shape index (κ1) is 16.7. The van der Waals surface area contributed by atoms with Crippen LogP contribution in [0.2, 0.25) is 10.0 Å². The predicted molar refractivity (Wildman–Crippen MR) is 86.8 cm³/mol. The molecule has 0 saturated heterocycles. The highest BCUT2D eigenvalue weighted by Crippen LogP contribution is 2.33. The highest BCUT2D eigenvalue weighted by Gasteiger charge is 2.19. The summed E-state index contributed by atoms with van der Waals surface area (Å²) in [6.45, 7) is 0. The van der Waals surface area contributed by atoms with Gasteiger partial charge in [-0.2, -0.15) is 0 Å². The summed E-state index contributed by atoms with van der Waals surface area (Å²) in [5.41, 5.74) is 0.198. The molecule has 2 rings (SSSR count). The summed E-state index contributed by atoms with van der Waals surface area (Å²) in [6.07, 6.45) is 0. The van der Waals surface area contributed by atoms with Crippen molar-refractivity contribution in [3.8, 4) is 11.5 Å². The molecule has 0 unspecified atom stereocenters. The number of hydrogen-bond acceptors (Lipinski definition) is 4. The first-order valence-corrected chi connectivity index (χ1v) is 8.32. The van der Waals surface area contributed by atoms with Gasteiger partial charge in [0, 0.05) is 6.07 Å². The van der Waals surface area contributed by atoms with Crippen LogP contribution in [-0.4, -0.2) is 22.6 Å². The second kappa shape index (κ2) is 6.64. The maximum Gasteiger partial charge on any atom is 0.262 e. The van der Waals surface area contributed by atoms with Crippen molar-refractivity contribution in [2.45, 2.75) is 4.90 Å². The smallest absolute Gasteiger partial charge is 0.262 e. The van der Waals surface area contributed by atoms with Crippen molar-refractivity contribution in [2.24, 2.45) is 0 Å². The number of ether oxygens (including phenoxy) is 2. The van der Waals surface area contributed by atoms with Gasteiger partial charge in [0.15, 0.2) is 11.5 Å². The third kappa shape index (κ3) is 3.40. The van der Waals surface area contributed by atoms with Gasteiger partial charge in [-0.1, -0.05) is 29.3 Å². The fourth-order valence-electron chi connectivity index (χ4n) is 1.77. The summed E-state index contributed by atoms with van der Waals surface area (Å²) in [5.74, 6) is 0.741. The number of nitrogens with one attached hydrogen (secondary N) is 1. The second-order valence-electron chi connectivity index (χ2n) is 4.22. The van der Waals surface area contributed by atoms with E-state index in [1.54, 1.807) is 12.1 Å². The molecule has 22 heavy (non-hydrogen) atoms. The molecule has 0 spiro atoms. The van der Waals surface area contributed by atoms with Crippen molar-refractivity contribution in [3.63, 3.8) is 0 Å². The average molecular weight is 362 g/mol. The van der Waals surface area contributed by atoms with Gasteiger partial charge in [0.1, 0.15) is 0 Å². The van der Waals surface area contributed by atoms with Gasteiger partial charge in [0.2, 0.25) is 0 Å². The summed E-state index contributed by atoms with van der Waals surface area (Å²) in [6, 6.07) is 8.96. The Kier molecular flexibility index (Phi) is 5.05. The molecular weight excluding hydrogens is 349 g/mol. The first-order valence-electron chi connectivity index (χ1n) is 6.08. The zero-order chi connectivity index (χ0) is 16.3. The fraction of sp³-hybridized carbons (Fsp3) is 0.143. The standard InChI is InChI=1S/C14H13Cl2NO4S/c1-20-12-7-6-9(8-13(12)21-2)22(18,19)17-11-5-3-4-10(15)14(11)16/h3-8,17H,1-2H3. The lowest BCUT2D eigenvalue weighted by Crippen LogP contribution is -2.13. The van der Waals surface area contributed by atoms with Crippen LogP contribution < -0.4 is 14.2 Å². The van der Waals surface area contributed by atoms with Crippen LogP contribution >= 0.6 is 23.2 Å². The van der Waals surface area contributed by atoms with Crippen molar-refractivity contribution in [1.29, 1.82) is 0 Å². The molecule has 1 N–H and O–H groups in total. The lowest BCUT2D eigenvalue weighted by molar-refractivity contribution is 0.354. The molecule has 0 aliphatic rings. The molecule has 0 bridgehead atoms. The largest absolute Gasteiger partial charge is 0.493 e. The van der Waals surface area contributed by atoms with Crippen LogP contribution in [0.1, 0.15) is 0 Å². The van der Waals surface area contributed by atoms with E-state index in [4.69, 9.17) is 32.7 Å². The maximum absolute atomic E-state index is 12.4.